The summed E-state index contributed by atoms with van der Waals surface area (Å²) in [6.07, 6.45) is 1.43. The van der Waals surface area contributed by atoms with E-state index in [0.717, 1.165) is 27.1 Å². The number of rotatable bonds is 2. The SMILES string of the molecule is CCCC(=O)N1c2ccc(C)cc2-c2c(ssc2=S)C1(C)C. The minimum absolute atomic E-state index is 0.188. The highest BCUT2D eigenvalue weighted by atomic mass is 32.9. The lowest BCUT2D eigenvalue weighted by molar-refractivity contribution is -0.119. The van der Waals surface area contributed by atoms with Crippen molar-refractivity contribution in [1.29, 1.82) is 0 Å². The van der Waals surface area contributed by atoms with Crippen molar-refractivity contribution >= 4 is 44.5 Å². The fourth-order valence-electron chi connectivity index (χ4n) is 3.12. The predicted molar refractivity (Wildman–Crippen MR) is 98.6 cm³/mol. The van der Waals surface area contributed by atoms with E-state index in [1.54, 1.807) is 20.7 Å². The third-order valence-corrected chi connectivity index (χ3v) is 7.45. The van der Waals surface area contributed by atoms with Crippen LogP contribution in [0.25, 0.3) is 11.1 Å². The average molecular weight is 350 g/mol. The largest absolute Gasteiger partial charge is 0.301 e. The number of hydrogen-bond acceptors (Lipinski definition) is 4. The maximum absolute atomic E-state index is 12.8. The first kappa shape index (κ1) is 15.8. The molecule has 5 heteroatoms. The van der Waals surface area contributed by atoms with E-state index in [1.807, 2.05) is 11.8 Å². The van der Waals surface area contributed by atoms with Gasteiger partial charge in [0.15, 0.2) is 0 Å². The molecule has 0 saturated carbocycles. The van der Waals surface area contributed by atoms with Crippen LogP contribution in [0.15, 0.2) is 18.2 Å². The lowest BCUT2D eigenvalue weighted by Crippen LogP contribution is -2.47. The molecule has 0 radical (unpaired) electrons. The normalized spacial score (nSPS) is 15.4. The van der Waals surface area contributed by atoms with Gasteiger partial charge in [-0.2, -0.15) is 0 Å². The topological polar surface area (TPSA) is 20.3 Å². The predicted octanol–water partition coefficient (Wildman–Crippen LogP) is 5.90. The van der Waals surface area contributed by atoms with Gasteiger partial charge in [0, 0.05) is 17.5 Å². The standard InChI is InChI=1S/C17H19NOS3/c1-5-6-13(19)18-12-8-7-10(2)9-11(12)14-15(17(18,3)4)21-22-16(14)20/h7-9H,5-6H2,1-4H3. The van der Waals surface area contributed by atoms with Crippen LogP contribution in [0.5, 0.6) is 0 Å². The number of benzene rings is 1. The smallest absolute Gasteiger partial charge is 0.227 e. The van der Waals surface area contributed by atoms with E-state index in [4.69, 9.17) is 12.2 Å². The Morgan fingerprint density at radius 2 is 2.05 bits per heavy atom. The van der Waals surface area contributed by atoms with Gasteiger partial charge in [-0.3, -0.25) is 4.79 Å². The summed E-state index contributed by atoms with van der Waals surface area (Å²) in [5, 5.41) is 0. The monoisotopic (exact) mass is 349 g/mol. The minimum atomic E-state index is -0.345. The molecule has 2 heterocycles. The number of carbonyl (C=O) groups excluding carboxylic acids is 1. The second-order valence-corrected chi connectivity index (χ2v) is 9.03. The summed E-state index contributed by atoms with van der Waals surface area (Å²) >= 11 is 5.58. The summed E-state index contributed by atoms with van der Waals surface area (Å²) in [6.45, 7) is 8.38. The second-order valence-electron chi connectivity index (χ2n) is 6.22. The van der Waals surface area contributed by atoms with Crippen LogP contribution in [0.1, 0.15) is 44.1 Å². The zero-order valence-corrected chi connectivity index (χ0v) is 15.7. The highest BCUT2D eigenvalue weighted by Gasteiger charge is 2.42. The number of aryl methyl sites for hydroxylation is 1. The molecule has 22 heavy (non-hydrogen) atoms. The molecule has 2 aromatic rings. The van der Waals surface area contributed by atoms with E-state index < -0.39 is 0 Å². The van der Waals surface area contributed by atoms with Crippen molar-refractivity contribution in [3.8, 4) is 11.1 Å². The Balaban J connectivity index is 2.32. The third kappa shape index (κ3) is 2.27. The number of fused-ring (bicyclic) bond motifs is 3. The summed E-state index contributed by atoms with van der Waals surface area (Å²) in [5.74, 6) is 0.188. The number of nitrogens with zero attached hydrogens (tertiary/aromatic N) is 1. The van der Waals surface area contributed by atoms with Crippen LogP contribution in [0, 0.1) is 10.7 Å². The minimum Gasteiger partial charge on any atom is -0.301 e. The van der Waals surface area contributed by atoms with Crippen LogP contribution >= 0.6 is 32.9 Å². The fraction of sp³-hybridized carbons (Fsp3) is 0.412. The van der Waals surface area contributed by atoms with E-state index in [0.29, 0.717) is 6.42 Å². The van der Waals surface area contributed by atoms with E-state index in [9.17, 15) is 4.79 Å². The van der Waals surface area contributed by atoms with Crippen LogP contribution in [0.2, 0.25) is 0 Å². The van der Waals surface area contributed by atoms with Crippen LogP contribution < -0.4 is 4.90 Å². The van der Waals surface area contributed by atoms with Crippen LogP contribution in [0.4, 0.5) is 5.69 Å². The van der Waals surface area contributed by atoms with Crippen molar-refractivity contribution in [2.75, 3.05) is 4.90 Å². The number of carbonyl (C=O) groups is 1. The summed E-state index contributed by atoms with van der Waals surface area (Å²) < 4.78 is 0.933. The molecule has 1 aromatic heterocycles. The summed E-state index contributed by atoms with van der Waals surface area (Å²) in [7, 11) is 3.35. The molecule has 0 aliphatic carbocycles. The van der Waals surface area contributed by atoms with Gasteiger partial charge in [-0.1, -0.05) is 51.5 Å². The van der Waals surface area contributed by atoms with E-state index in [2.05, 4.69) is 39.0 Å². The molecule has 0 saturated heterocycles. The van der Waals surface area contributed by atoms with Crippen LogP contribution in [0.3, 0.4) is 0 Å². The molecule has 1 aliphatic rings. The Hall–Kier alpha value is -1.04. The molecule has 2 nitrogen and oxygen atoms in total. The van der Waals surface area contributed by atoms with Crippen molar-refractivity contribution in [3.63, 3.8) is 0 Å². The van der Waals surface area contributed by atoms with Gasteiger partial charge < -0.3 is 4.90 Å². The van der Waals surface area contributed by atoms with Gasteiger partial charge in [-0.25, -0.2) is 0 Å². The first-order chi connectivity index (χ1) is 10.4. The number of amides is 1. The molecule has 0 bridgehead atoms. The second kappa shape index (κ2) is 5.55. The summed E-state index contributed by atoms with van der Waals surface area (Å²) in [6, 6.07) is 6.30. The maximum Gasteiger partial charge on any atom is 0.227 e. The van der Waals surface area contributed by atoms with Crippen LogP contribution in [-0.2, 0) is 10.3 Å². The first-order valence-corrected chi connectivity index (χ1v) is 10.0. The Labute approximate surface area is 143 Å². The molecule has 1 amide bonds. The average Bonchev–Trinajstić information content (AvgIpc) is 2.83. The van der Waals surface area contributed by atoms with Gasteiger partial charge >= 0.3 is 0 Å². The molecular formula is C17H19NOS3. The van der Waals surface area contributed by atoms with Gasteiger partial charge in [0.25, 0.3) is 0 Å². The molecule has 0 atom stereocenters. The first-order valence-electron chi connectivity index (χ1n) is 7.45. The van der Waals surface area contributed by atoms with Gasteiger partial charge in [0.2, 0.25) is 5.91 Å². The highest BCUT2D eigenvalue weighted by molar-refractivity contribution is 7.80. The van der Waals surface area contributed by atoms with E-state index >= 15 is 0 Å². The number of anilines is 1. The van der Waals surface area contributed by atoms with Crippen molar-refractivity contribution in [2.45, 2.75) is 46.1 Å². The van der Waals surface area contributed by atoms with Crippen molar-refractivity contribution in [2.24, 2.45) is 0 Å². The third-order valence-electron chi connectivity index (χ3n) is 4.12. The summed E-state index contributed by atoms with van der Waals surface area (Å²) in [5.41, 5.74) is 4.12. The van der Waals surface area contributed by atoms with Gasteiger partial charge in [-0.15, -0.1) is 0 Å². The molecule has 0 spiro atoms. The van der Waals surface area contributed by atoms with E-state index in [1.165, 1.54) is 10.4 Å². The van der Waals surface area contributed by atoms with Gasteiger partial charge in [0.1, 0.15) is 3.82 Å². The lowest BCUT2D eigenvalue weighted by atomic mass is 9.86. The quantitative estimate of drug-likeness (QED) is 0.497. The Kier molecular flexibility index (Phi) is 4.00. The fourth-order valence-corrected chi connectivity index (χ4v) is 6.40. The zero-order valence-electron chi connectivity index (χ0n) is 13.2. The van der Waals surface area contributed by atoms with Crippen molar-refractivity contribution in [1.82, 2.24) is 0 Å². The highest BCUT2D eigenvalue weighted by Crippen LogP contribution is 2.52. The lowest BCUT2D eigenvalue weighted by Gasteiger charge is -2.43. The molecule has 1 aliphatic heterocycles. The summed E-state index contributed by atoms with van der Waals surface area (Å²) in [4.78, 5) is 16.0. The molecule has 0 N–H and O–H groups in total. The van der Waals surface area contributed by atoms with Crippen LogP contribution in [-0.4, -0.2) is 5.91 Å². The maximum atomic E-state index is 12.8. The number of hydrogen-bond donors (Lipinski definition) is 0. The van der Waals surface area contributed by atoms with Crippen molar-refractivity contribution in [3.05, 3.63) is 32.5 Å². The Morgan fingerprint density at radius 3 is 2.73 bits per heavy atom. The molecule has 3 rings (SSSR count). The van der Waals surface area contributed by atoms with Gasteiger partial charge in [-0.05, 0) is 39.3 Å². The Bertz CT molecular complexity index is 800. The Morgan fingerprint density at radius 1 is 1.32 bits per heavy atom. The van der Waals surface area contributed by atoms with E-state index in [-0.39, 0.29) is 11.4 Å². The van der Waals surface area contributed by atoms with Gasteiger partial charge in [0.05, 0.1) is 16.1 Å². The molecule has 116 valence electrons. The molecule has 0 unspecified atom stereocenters. The molecular weight excluding hydrogens is 330 g/mol. The zero-order chi connectivity index (χ0) is 16.1. The molecule has 1 aromatic carbocycles. The van der Waals surface area contributed by atoms with Crippen molar-refractivity contribution < 1.29 is 4.79 Å². The molecule has 0 fully saturated rings.